The number of hydrogen-bond donors (Lipinski definition) is 1. The fraction of sp³-hybridized carbons (Fsp3) is 0.923. The summed E-state index contributed by atoms with van der Waals surface area (Å²) in [5, 5.41) is 3.66. The van der Waals surface area contributed by atoms with Crippen LogP contribution in [0.1, 0.15) is 39.5 Å². The highest BCUT2D eigenvalue weighted by Crippen LogP contribution is 2.46. The van der Waals surface area contributed by atoms with Crippen molar-refractivity contribution in [2.45, 2.75) is 45.1 Å². The van der Waals surface area contributed by atoms with E-state index in [1.54, 1.807) is 0 Å². The highest BCUT2D eigenvalue weighted by molar-refractivity contribution is 5.73. The molecule has 3 heteroatoms. The molecule has 1 aliphatic carbocycles. The van der Waals surface area contributed by atoms with Crippen molar-refractivity contribution in [3.8, 4) is 0 Å². The maximum absolute atomic E-state index is 11.7. The van der Waals surface area contributed by atoms with Crippen LogP contribution in [0.25, 0.3) is 0 Å². The Labute approximate surface area is 97.9 Å². The third kappa shape index (κ3) is 1.97. The molecule has 1 spiro atoms. The summed E-state index contributed by atoms with van der Waals surface area (Å²) in [6.45, 7) is 5.55. The van der Waals surface area contributed by atoms with Gasteiger partial charge < -0.3 is 10.1 Å². The van der Waals surface area contributed by atoms with E-state index in [1.807, 2.05) is 0 Å². The van der Waals surface area contributed by atoms with Crippen LogP contribution in [0.5, 0.6) is 0 Å². The number of carbonyl (C=O) groups is 1. The molecule has 0 amide bonds. The predicted octanol–water partition coefficient (Wildman–Crippen LogP) is 1.96. The molecule has 4 atom stereocenters. The zero-order valence-corrected chi connectivity index (χ0v) is 10.6. The molecule has 0 bridgehead atoms. The molecule has 2 fully saturated rings. The lowest BCUT2D eigenvalue weighted by Gasteiger charge is -2.24. The smallest absolute Gasteiger partial charge is 0.308 e. The first-order valence-electron chi connectivity index (χ1n) is 6.43. The van der Waals surface area contributed by atoms with Crippen molar-refractivity contribution in [2.24, 2.45) is 17.8 Å². The minimum atomic E-state index is -0.0221. The van der Waals surface area contributed by atoms with Crippen LogP contribution in [0, 0.1) is 17.8 Å². The SMILES string of the molecule is CCC1CNC2(C1)CC(C)C(C(=O)OC)C2. The largest absolute Gasteiger partial charge is 0.469 e. The van der Waals surface area contributed by atoms with Gasteiger partial charge in [0.15, 0.2) is 0 Å². The number of nitrogens with one attached hydrogen (secondary N) is 1. The number of hydrogen-bond acceptors (Lipinski definition) is 3. The minimum absolute atomic E-state index is 0.0221. The van der Waals surface area contributed by atoms with Gasteiger partial charge in [-0.25, -0.2) is 0 Å². The van der Waals surface area contributed by atoms with Crippen molar-refractivity contribution in [3.05, 3.63) is 0 Å². The molecule has 1 N–H and O–H groups in total. The Kier molecular flexibility index (Phi) is 3.24. The summed E-state index contributed by atoms with van der Waals surface area (Å²) >= 11 is 0. The molecule has 0 aromatic carbocycles. The fourth-order valence-electron chi connectivity index (χ4n) is 3.59. The highest BCUT2D eigenvalue weighted by Gasteiger charge is 2.49. The second-order valence-electron chi connectivity index (χ2n) is 5.65. The number of esters is 1. The van der Waals surface area contributed by atoms with Gasteiger partial charge in [0, 0.05) is 5.54 Å². The summed E-state index contributed by atoms with van der Waals surface area (Å²) < 4.78 is 4.89. The topological polar surface area (TPSA) is 38.3 Å². The Hall–Kier alpha value is -0.570. The van der Waals surface area contributed by atoms with E-state index in [1.165, 1.54) is 20.0 Å². The van der Waals surface area contributed by atoms with Crippen LogP contribution in [0.15, 0.2) is 0 Å². The summed E-state index contributed by atoms with van der Waals surface area (Å²) in [5.74, 6) is 1.33. The lowest BCUT2D eigenvalue weighted by molar-refractivity contribution is -0.146. The second kappa shape index (κ2) is 4.36. The van der Waals surface area contributed by atoms with E-state index in [4.69, 9.17) is 4.74 Å². The Bertz CT molecular complexity index is 279. The van der Waals surface area contributed by atoms with Crippen molar-refractivity contribution in [1.82, 2.24) is 5.32 Å². The molecular weight excluding hydrogens is 202 g/mol. The molecule has 2 aliphatic rings. The predicted molar refractivity (Wildman–Crippen MR) is 63.0 cm³/mol. The molecule has 16 heavy (non-hydrogen) atoms. The van der Waals surface area contributed by atoms with Gasteiger partial charge in [0.2, 0.25) is 0 Å². The maximum atomic E-state index is 11.7. The summed E-state index contributed by atoms with van der Waals surface area (Å²) in [6.07, 6.45) is 4.58. The van der Waals surface area contributed by atoms with Crippen LogP contribution in [-0.2, 0) is 9.53 Å². The van der Waals surface area contributed by atoms with Crippen molar-refractivity contribution >= 4 is 5.97 Å². The molecule has 2 rings (SSSR count). The molecule has 1 aliphatic heterocycles. The fourth-order valence-corrected chi connectivity index (χ4v) is 3.59. The summed E-state index contributed by atoms with van der Waals surface area (Å²) in [4.78, 5) is 11.7. The Balaban J connectivity index is 2.03. The van der Waals surface area contributed by atoms with Crippen LogP contribution < -0.4 is 5.32 Å². The van der Waals surface area contributed by atoms with Gasteiger partial charge >= 0.3 is 5.97 Å². The van der Waals surface area contributed by atoms with Crippen LogP contribution in [-0.4, -0.2) is 25.2 Å². The third-order valence-corrected chi connectivity index (χ3v) is 4.54. The van der Waals surface area contributed by atoms with Crippen LogP contribution in [0.3, 0.4) is 0 Å². The van der Waals surface area contributed by atoms with Crippen molar-refractivity contribution in [3.63, 3.8) is 0 Å². The molecule has 1 saturated carbocycles. The summed E-state index contributed by atoms with van der Waals surface area (Å²) in [6, 6.07) is 0. The molecule has 3 nitrogen and oxygen atoms in total. The van der Waals surface area contributed by atoms with E-state index in [0.29, 0.717) is 5.92 Å². The van der Waals surface area contributed by atoms with E-state index in [2.05, 4.69) is 19.2 Å². The van der Waals surface area contributed by atoms with Crippen LogP contribution in [0.2, 0.25) is 0 Å². The first kappa shape index (κ1) is 11.9. The summed E-state index contributed by atoms with van der Waals surface area (Å²) in [7, 11) is 1.50. The first-order valence-corrected chi connectivity index (χ1v) is 6.43. The van der Waals surface area contributed by atoms with Crippen molar-refractivity contribution < 1.29 is 9.53 Å². The van der Waals surface area contributed by atoms with E-state index in [9.17, 15) is 4.79 Å². The van der Waals surface area contributed by atoms with Crippen LogP contribution >= 0.6 is 0 Å². The van der Waals surface area contributed by atoms with Gasteiger partial charge in [-0.3, -0.25) is 4.79 Å². The van der Waals surface area contributed by atoms with Gasteiger partial charge in [-0.15, -0.1) is 0 Å². The molecule has 4 unspecified atom stereocenters. The van der Waals surface area contributed by atoms with Gasteiger partial charge in [0.05, 0.1) is 13.0 Å². The average Bonchev–Trinajstić information content (AvgIpc) is 2.82. The second-order valence-corrected chi connectivity index (χ2v) is 5.65. The van der Waals surface area contributed by atoms with E-state index in [-0.39, 0.29) is 17.4 Å². The lowest BCUT2D eigenvalue weighted by Crippen LogP contribution is -2.37. The van der Waals surface area contributed by atoms with Crippen molar-refractivity contribution in [2.75, 3.05) is 13.7 Å². The summed E-state index contributed by atoms with van der Waals surface area (Å²) in [5.41, 5.74) is 0.235. The van der Waals surface area contributed by atoms with E-state index < -0.39 is 0 Å². The third-order valence-electron chi connectivity index (χ3n) is 4.54. The molecule has 0 aromatic rings. The van der Waals surface area contributed by atoms with E-state index in [0.717, 1.165) is 25.3 Å². The first-order chi connectivity index (χ1) is 7.60. The molecule has 1 saturated heterocycles. The molecule has 0 radical (unpaired) electrons. The lowest BCUT2D eigenvalue weighted by atomic mass is 9.89. The van der Waals surface area contributed by atoms with Gasteiger partial charge in [-0.1, -0.05) is 20.3 Å². The average molecular weight is 225 g/mol. The Morgan fingerprint density at radius 3 is 2.75 bits per heavy atom. The van der Waals surface area contributed by atoms with Gasteiger partial charge in [-0.05, 0) is 37.6 Å². The molecular formula is C13H23NO2. The van der Waals surface area contributed by atoms with Gasteiger partial charge in [-0.2, -0.15) is 0 Å². The molecule has 92 valence electrons. The molecule has 0 aromatic heterocycles. The Morgan fingerprint density at radius 2 is 2.19 bits per heavy atom. The standard InChI is InChI=1S/C13H23NO2/c1-4-10-6-13(14-8-10)5-9(2)11(7-13)12(15)16-3/h9-11,14H,4-8H2,1-3H3. The van der Waals surface area contributed by atoms with Gasteiger partial charge in [0.25, 0.3) is 0 Å². The van der Waals surface area contributed by atoms with E-state index >= 15 is 0 Å². The minimum Gasteiger partial charge on any atom is -0.469 e. The monoisotopic (exact) mass is 225 g/mol. The number of ether oxygens (including phenoxy) is 1. The van der Waals surface area contributed by atoms with Crippen molar-refractivity contribution in [1.29, 1.82) is 0 Å². The van der Waals surface area contributed by atoms with Gasteiger partial charge in [0.1, 0.15) is 0 Å². The Morgan fingerprint density at radius 1 is 1.44 bits per heavy atom. The number of rotatable bonds is 2. The van der Waals surface area contributed by atoms with Crippen LogP contribution in [0.4, 0.5) is 0 Å². The maximum Gasteiger partial charge on any atom is 0.308 e. The number of methoxy groups -OCH3 is 1. The normalized spacial score (nSPS) is 42.8. The zero-order chi connectivity index (χ0) is 11.8. The highest BCUT2D eigenvalue weighted by atomic mass is 16.5. The quantitative estimate of drug-likeness (QED) is 0.730. The molecule has 1 heterocycles. The zero-order valence-electron chi connectivity index (χ0n) is 10.6. The number of carbonyl (C=O) groups excluding carboxylic acids is 1.